The molecule has 0 unspecified atom stereocenters. The van der Waals surface area contributed by atoms with Crippen molar-refractivity contribution in [2.75, 3.05) is 5.32 Å². The van der Waals surface area contributed by atoms with Crippen LogP contribution in [0.5, 0.6) is 0 Å². The Labute approximate surface area is 139 Å². The Morgan fingerprint density at radius 1 is 1.26 bits per heavy atom. The lowest BCUT2D eigenvalue weighted by Crippen LogP contribution is -2.17. The molecule has 0 spiro atoms. The fourth-order valence-electron chi connectivity index (χ4n) is 2.15. The molecule has 1 amide bonds. The smallest absolute Gasteiger partial charge is 0.228 e. The zero-order valence-electron chi connectivity index (χ0n) is 13.3. The molecule has 2 aromatic heterocycles. The van der Waals surface area contributed by atoms with Gasteiger partial charge in [-0.3, -0.25) is 4.79 Å². The lowest BCUT2D eigenvalue weighted by atomic mass is 10.1. The van der Waals surface area contributed by atoms with E-state index in [1.165, 1.54) is 11.3 Å². The molecule has 1 aromatic carbocycles. The van der Waals surface area contributed by atoms with Crippen molar-refractivity contribution >= 4 is 22.4 Å². The first kappa shape index (κ1) is 15.4. The largest absolute Gasteiger partial charge is 0.333 e. The Morgan fingerprint density at radius 2 is 2.00 bits per heavy atom. The summed E-state index contributed by atoms with van der Waals surface area (Å²) in [5.74, 6) is 0.715. The van der Waals surface area contributed by atoms with Gasteiger partial charge in [-0.25, -0.2) is 9.97 Å². The number of aryl methyl sites for hydroxylation is 1. The molecule has 0 saturated carbocycles. The third kappa shape index (κ3) is 3.17. The highest BCUT2D eigenvalue weighted by Crippen LogP contribution is 2.38. The summed E-state index contributed by atoms with van der Waals surface area (Å²) in [4.78, 5) is 22.0. The van der Waals surface area contributed by atoms with E-state index in [9.17, 15) is 4.79 Å². The lowest BCUT2D eigenvalue weighted by molar-refractivity contribution is -0.118. The number of imidazole rings is 1. The summed E-state index contributed by atoms with van der Waals surface area (Å²) in [6.07, 6.45) is 3.66. The SMILES string of the molecule is CC(C)C(=O)Nc1nc(-c2ccccc2)c(-c2nccn2C)s1. The molecule has 6 heteroatoms. The summed E-state index contributed by atoms with van der Waals surface area (Å²) in [6.45, 7) is 3.72. The van der Waals surface area contributed by atoms with Crippen molar-refractivity contribution in [2.45, 2.75) is 13.8 Å². The minimum atomic E-state index is -0.0873. The number of aromatic nitrogens is 3. The van der Waals surface area contributed by atoms with E-state index in [-0.39, 0.29) is 11.8 Å². The number of hydrogen-bond acceptors (Lipinski definition) is 4. The van der Waals surface area contributed by atoms with Crippen molar-refractivity contribution in [1.82, 2.24) is 14.5 Å². The quantitative estimate of drug-likeness (QED) is 0.793. The predicted octanol–water partition coefficient (Wildman–Crippen LogP) is 3.81. The van der Waals surface area contributed by atoms with E-state index in [1.54, 1.807) is 6.20 Å². The number of hydrogen-bond donors (Lipinski definition) is 1. The number of carbonyl (C=O) groups is 1. The van der Waals surface area contributed by atoms with Gasteiger partial charge >= 0.3 is 0 Å². The molecule has 0 aliphatic heterocycles. The summed E-state index contributed by atoms with van der Waals surface area (Å²) in [6, 6.07) is 9.94. The van der Waals surface area contributed by atoms with Gasteiger partial charge in [0.05, 0.1) is 10.6 Å². The Bertz CT molecular complexity index is 820. The molecule has 0 radical (unpaired) electrons. The van der Waals surface area contributed by atoms with Gasteiger partial charge in [-0.05, 0) is 0 Å². The average molecular weight is 326 g/mol. The van der Waals surface area contributed by atoms with Crippen LogP contribution in [0, 0.1) is 5.92 Å². The van der Waals surface area contributed by atoms with E-state index in [2.05, 4.69) is 15.3 Å². The summed E-state index contributed by atoms with van der Waals surface area (Å²) in [5, 5.41) is 3.48. The minimum absolute atomic E-state index is 0.0373. The fourth-order valence-corrected chi connectivity index (χ4v) is 3.18. The second kappa shape index (κ2) is 6.34. The van der Waals surface area contributed by atoms with Gasteiger partial charge in [-0.15, -0.1) is 0 Å². The van der Waals surface area contributed by atoms with E-state index in [4.69, 9.17) is 0 Å². The second-order valence-corrected chi connectivity index (χ2v) is 6.57. The predicted molar refractivity (Wildman–Crippen MR) is 93.2 cm³/mol. The van der Waals surface area contributed by atoms with E-state index in [1.807, 2.05) is 62.0 Å². The number of anilines is 1. The zero-order valence-corrected chi connectivity index (χ0v) is 14.1. The van der Waals surface area contributed by atoms with Gasteiger partial charge in [0.2, 0.25) is 5.91 Å². The fraction of sp³-hybridized carbons (Fsp3) is 0.235. The van der Waals surface area contributed by atoms with Gasteiger partial charge in [0.1, 0.15) is 0 Å². The maximum Gasteiger partial charge on any atom is 0.228 e. The van der Waals surface area contributed by atoms with Gasteiger partial charge in [0.15, 0.2) is 11.0 Å². The number of benzene rings is 1. The topological polar surface area (TPSA) is 59.8 Å². The van der Waals surface area contributed by atoms with Crippen LogP contribution in [0.3, 0.4) is 0 Å². The number of thiazole rings is 1. The number of nitrogens with zero attached hydrogens (tertiary/aromatic N) is 3. The average Bonchev–Trinajstić information content (AvgIpc) is 3.14. The van der Waals surface area contributed by atoms with Gasteiger partial charge < -0.3 is 9.88 Å². The number of rotatable bonds is 4. The molecule has 5 nitrogen and oxygen atoms in total. The molecule has 0 fully saturated rings. The Hall–Kier alpha value is -2.47. The first-order valence-corrected chi connectivity index (χ1v) is 8.22. The monoisotopic (exact) mass is 326 g/mol. The van der Waals surface area contributed by atoms with Crippen molar-refractivity contribution in [3.63, 3.8) is 0 Å². The van der Waals surface area contributed by atoms with Crippen molar-refractivity contribution in [1.29, 1.82) is 0 Å². The van der Waals surface area contributed by atoms with Crippen molar-refractivity contribution in [2.24, 2.45) is 13.0 Å². The molecule has 0 bridgehead atoms. The summed E-state index contributed by atoms with van der Waals surface area (Å²) >= 11 is 1.45. The molecule has 3 aromatic rings. The molecular formula is C17H18N4OS. The Balaban J connectivity index is 2.08. The van der Waals surface area contributed by atoms with Crippen LogP contribution in [-0.2, 0) is 11.8 Å². The maximum atomic E-state index is 12.0. The summed E-state index contributed by atoms with van der Waals surface area (Å²) in [7, 11) is 1.95. The maximum absolute atomic E-state index is 12.0. The number of amides is 1. The molecule has 0 aliphatic carbocycles. The number of carbonyl (C=O) groups excluding carboxylic acids is 1. The van der Waals surface area contributed by atoms with Gasteiger partial charge in [-0.1, -0.05) is 55.5 Å². The highest BCUT2D eigenvalue weighted by Gasteiger charge is 2.19. The normalized spacial score (nSPS) is 11.0. The third-order valence-electron chi connectivity index (χ3n) is 3.45. The molecule has 3 rings (SSSR count). The molecule has 0 aliphatic rings. The van der Waals surface area contributed by atoms with Crippen LogP contribution in [0.4, 0.5) is 5.13 Å². The van der Waals surface area contributed by atoms with Crippen LogP contribution in [0.2, 0.25) is 0 Å². The molecule has 0 atom stereocenters. The van der Waals surface area contributed by atoms with Crippen LogP contribution in [0.25, 0.3) is 22.0 Å². The van der Waals surface area contributed by atoms with Gasteiger partial charge in [0.25, 0.3) is 0 Å². The zero-order chi connectivity index (χ0) is 16.4. The third-order valence-corrected chi connectivity index (χ3v) is 4.42. The van der Waals surface area contributed by atoms with E-state index in [0.717, 1.165) is 22.0 Å². The highest BCUT2D eigenvalue weighted by molar-refractivity contribution is 7.19. The second-order valence-electron chi connectivity index (χ2n) is 5.57. The summed E-state index contributed by atoms with van der Waals surface area (Å²) < 4.78 is 1.95. The molecule has 0 saturated heterocycles. The first-order valence-electron chi connectivity index (χ1n) is 7.41. The summed E-state index contributed by atoms with van der Waals surface area (Å²) in [5.41, 5.74) is 1.84. The van der Waals surface area contributed by atoms with E-state index >= 15 is 0 Å². The highest BCUT2D eigenvalue weighted by atomic mass is 32.1. The molecule has 23 heavy (non-hydrogen) atoms. The Kier molecular flexibility index (Phi) is 4.25. The standard InChI is InChI=1S/C17H18N4OS/c1-11(2)16(22)20-17-19-13(12-7-5-4-6-8-12)14(23-17)15-18-9-10-21(15)3/h4-11H,1-3H3,(H,19,20,22). The van der Waals surface area contributed by atoms with Crippen molar-refractivity contribution in [3.8, 4) is 22.0 Å². The van der Waals surface area contributed by atoms with Crippen LogP contribution >= 0.6 is 11.3 Å². The molecule has 118 valence electrons. The minimum Gasteiger partial charge on any atom is -0.333 e. The lowest BCUT2D eigenvalue weighted by Gasteiger charge is -2.03. The van der Waals surface area contributed by atoms with Crippen molar-refractivity contribution in [3.05, 3.63) is 42.7 Å². The van der Waals surface area contributed by atoms with Crippen LogP contribution in [0.1, 0.15) is 13.8 Å². The van der Waals surface area contributed by atoms with Crippen LogP contribution in [0.15, 0.2) is 42.7 Å². The molecule has 1 N–H and O–H groups in total. The Morgan fingerprint density at radius 3 is 2.61 bits per heavy atom. The first-order chi connectivity index (χ1) is 11.1. The van der Waals surface area contributed by atoms with Crippen LogP contribution < -0.4 is 5.32 Å². The molecule has 2 heterocycles. The van der Waals surface area contributed by atoms with Crippen LogP contribution in [-0.4, -0.2) is 20.4 Å². The van der Waals surface area contributed by atoms with Gasteiger partial charge in [0, 0.05) is 30.9 Å². The van der Waals surface area contributed by atoms with Crippen molar-refractivity contribution < 1.29 is 4.79 Å². The molecular weight excluding hydrogens is 308 g/mol. The van der Waals surface area contributed by atoms with E-state index < -0.39 is 0 Å². The number of nitrogens with one attached hydrogen (secondary N) is 1. The van der Waals surface area contributed by atoms with E-state index in [0.29, 0.717) is 5.13 Å². The van der Waals surface area contributed by atoms with Gasteiger partial charge in [-0.2, -0.15) is 0 Å².